The number of fused-ring (bicyclic) bond motifs is 1. The molecule has 4 aromatic rings. The second kappa shape index (κ2) is 12.1. The summed E-state index contributed by atoms with van der Waals surface area (Å²) < 4.78 is 23.3. The Kier molecular flexibility index (Phi) is 7.96. The predicted octanol–water partition coefficient (Wildman–Crippen LogP) is 7.17. The van der Waals surface area contributed by atoms with E-state index in [0.29, 0.717) is 30.2 Å². The molecule has 0 aliphatic heterocycles. The first-order chi connectivity index (χ1) is 21.9. The number of ether oxygens (including phenoxy) is 1. The number of benzene rings is 2. The molecule has 1 atom stereocenters. The summed E-state index contributed by atoms with van der Waals surface area (Å²) in [5, 5.41) is 12.5. The molecule has 2 heterocycles. The summed E-state index contributed by atoms with van der Waals surface area (Å²) in [5.74, 6) is -0.588. The van der Waals surface area contributed by atoms with Gasteiger partial charge in [0.25, 0.3) is 0 Å². The smallest absolute Gasteiger partial charge is 0.321 e. The van der Waals surface area contributed by atoms with Gasteiger partial charge in [-0.1, -0.05) is 43.5 Å². The highest BCUT2D eigenvalue weighted by molar-refractivity contribution is 6.03. The van der Waals surface area contributed by atoms with Crippen LogP contribution in [0.3, 0.4) is 0 Å². The van der Waals surface area contributed by atoms with E-state index in [1.165, 1.54) is 20.0 Å². The molecule has 3 fully saturated rings. The standard InChI is InChI=1S/C36H42FN5O3/c1-41-31-16-13-26(20-30(31)33(37)40-41)23-9-11-24(12-10-23)32(39-34(43)36(35(44)45-2)17-4-3-5-18-36)27-8-6-7-25(19-27)28-21-38-42(22-28)29-14-15-29/h6-8,13,16,19-24,29,32H,3-5,9-12,14-15,17-18H2,1-2H3,(H,39,43). The molecule has 1 N–H and O–H groups in total. The molecule has 0 bridgehead atoms. The van der Waals surface area contributed by atoms with E-state index in [9.17, 15) is 14.0 Å². The molecule has 3 saturated carbocycles. The third kappa shape index (κ3) is 5.66. The van der Waals surface area contributed by atoms with E-state index >= 15 is 0 Å². The molecule has 236 valence electrons. The minimum atomic E-state index is -1.14. The fourth-order valence-electron chi connectivity index (χ4n) is 7.85. The van der Waals surface area contributed by atoms with Crippen molar-refractivity contribution in [2.45, 2.75) is 88.6 Å². The Hall–Kier alpha value is -4.01. The van der Waals surface area contributed by atoms with Crippen molar-refractivity contribution < 1.29 is 18.7 Å². The van der Waals surface area contributed by atoms with Gasteiger partial charge < -0.3 is 10.1 Å². The van der Waals surface area contributed by atoms with Crippen molar-refractivity contribution in [3.05, 3.63) is 71.9 Å². The van der Waals surface area contributed by atoms with Crippen molar-refractivity contribution in [3.8, 4) is 11.1 Å². The lowest BCUT2D eigenvalue weighted by atomic mass is 9.71. The molecule has 1 unspecified atom stereocenters. The quantitative estimate of drug-likeness (QED) is 0.169. The van der Waals surface area contributed by atoms with Crippen molar-refractivity contribution in [3.63, 3.8) is 0 Å². The number of hydrogen-bond donors (Lipinski definition) is 1. The highest BCUT2D eigenvalue weighted by atomic mass is 19.1. The molecule has 2 aromatic heterocycles. The van der Waals surface area contributed by atoms with Crippen molar-refractivity contribution in [1.29, 1.82) is 0 Å². The van der Waals surface area contributed by atoms with Crippen LogP contribution in [0.5, 0.6) is 0 Å². The lowest BCUT2D eigenvalue weighted by Gasteiger charge is -2.38. The molecule has 9 heteroatoms. The normalized spacial score (nSPS) is 22.2. The molecule has 7 rings (SSSR count). The van der Waals surface area contributed by atoms with E-state index in [1.807, 2.05) is 18.3 Å². The maximum absolute atomic E-state index is 14.5. The molecule has 0 radical (unpaired) electrons. The SMILES string of the molecule is COC(=O)C1(C(=O)NC(c2cccc(-c3cnn(C4CC4)c3)c2)C2CCC(c3ccc4c(c3)c(F)nn4C)CC2)CCCCC1. The van der Waals surface area contributed by atoms with E-state index in [1.54, 1.807) is 11.7 Å². The lowest BCUT2D eigenvalue weighted by Crippen LogP contribution is -2.50. The number of aromatic nitrogens is 4. The Morgan fingerprint density at radius 3 is 2.51 bits per heavy atom. The lowest BCUT2D eigenvalue weighted by molar-refractivity contribution is -0.161. The molecule has 0 spiro atoms. The summed E-state index contributed by atoms with van der Waals surface area (Å²) in [6.07, 6.45) is 13.8. The van der Waals surface area contributed by atoms with Gasteiger partial charge in [-0.3, -0.25) is 19.0 Å². The number of amides is 1. The van der Waals surface area contributed by atoms with Crippen LogP contribution >= 0.6 is 0 Å². The summed E-state index contributed by atoms with van der Waals surface area (Å²) in [4.78, 5) is 27.3. The number of esters is 1. The zero-order chi connectivity index (χ0) is 31.1. The fourth-order valence-corrected chi connectivity index (χ4v) is 7.85. The molecule has 45 heavy (non-hydrogen) atoms. The van der Waals surface area contributed by atoms with Crippen molar-refractivity contribution in [2.24, 2.45) is 18.4 Å². The largest absolute Gasteiger partial charge is 0.468 e. The molecule has 3 aliphatic carbocycles. The van der Waals surface area contributed by atoms with Crippen LogP contribution in [-0.4, -0.2) is 38.5 Å². The molecule has 0 saturated heterocycles. The van der Waals surface area contributed by atoms with Crippen LogP contribution in [0.1, 0.15) is 99.8 Å². The van der Waals surface area contributed by atoms with Crippen LogP contribution in [0.15, 0.2) is 54.9 Å². The van der Waals surface area contributed by atoms with Crippen LogP contribution < -0.4 is 5.32 Å². The Bertz CT molecular complexity index is 1710. The van der Waals surface area contributed by atoms with Gasteiger partial charge in [-0.2, -0.15) is 9.49 Å². The number of halogens is 1. The van der Waals surface area contributed by atoms with Crippen LogP contribution in [0, 0.1) is 17.3 Å². The third-order valence-corrected chi connectivity index (χ3v) is 10.7. The summed E-state index contributed by atoms with van der Waals surface area (Å²) in [5.41, 5.74) is 3.95. The van der Waals surface area contributed by atoms with Gasteiger partial charge >= 0.3 is 5.97 Å². The number of nitrogens with one attached hydrogen (secondary N) is 1. The minimum absolute atomic E-state index is 0.187. The number of carbonyl (C=O) groups is 2. The summed E-state index contributed by atoms with van der Waals surface area (Å²) >= 11 is 0. The van der Waals surface area contributed by atoms with Gasteiger partial charge in [0.1, 0.15) is 5.41 Å². The zero-order valence-electron chi connectivity index (χ0n) is 26.2. The van der Waals surface area contributed by atoms with E-state index in [0.717, 1.165) is 72.7 Å². The topological polar surface area (TPSA) is 91.0 Å². The monoisotopic (exact) mass is 611 g/mol. The predicted molar refractivity (Wildman–Crippen MR) is 170 cm³/mol. The third-order valence-electron chi connectivity index (χ3n) is 10.7. The van der Waals surface area contributed by atoms with Gasteiger partial charge in [0.2, 0.25) is 11.9 Å². The van der Waals surface area contributed by atoms with Gasteiger partial charge in [-0.15, -0.1) is 5.10 Å². The average molecular weight is 612 g/mol. The minimum Gasteiger partial charge on any atom is -0.468 e. The Morgan fingerprint density at radius 2 is 1.78 bits per heavy atom. The first-order valence-electron chi connectivity index (χ1n) is 16.5. The highest BCUT2D eigenvalue weighted by Crippen LogP contribution is 2.44. The van der Waals surface area contributed by atoms with Gasteiger partial charge in [-0.05, 0) is 98.1 Å². The van der Waals surface area contributed by atoms with Crippen molar-refractivity contribution in [2.75, 3.05) is 7.11 Å². The molecule has 1 amide bonds. The Labute approximate surface area is 263 Å². The van der Waals surface area contributed by atoms with Crippen LogP contribution in [0.2, 0.25) is 0 Å². The Balaban J connectivity index is 1.16. The first-order valence-corrected chi connectivity index (χ1v) is 16.5. The number of methoxy groups -OCH3 is 1. The molecule has 8 nitrogen and oxygen atoms in total. The molecule has 3 aliphatic rings. The first kappa shape index (κ1) is 29.7. The maximum Gasteiger partial charge on any atom is 0.321 e. The molecular formula is C36H42FN5O3. The maximum atomic E-state index is 14.5. The number of rotatable bonds is 8. The van der Waals surface area contributed by atoms with E-state index in [4.69, 9.17) is 4.74 Å². The Morgan fingerprint density at radius 1 is 1.00 bits per heavy atom. The number of nitrogens with zero attached hydrogens (tertiary/aromatic N) is 4. The summed E-state index contributed by atoms with van der Waals surface area (Å²) in [6, 6.07) is 14.7. The van der Waals surface area contributed by atoms with Gasteiger partial charge in [-0.25, -0.2) is 0 Å². The number of aryl methyl sites for hydroxylation is 1. The van der Waals surface area contributed by atoms with Crippen molar-refractivity contribution in [1.82, 2.24) is 24.9 Å². The van der Waals surface area contributed by atoms with E-state index < -0.39 is 17.3 Å². The fraction of sp³-hybridized carbons (Fsp3) is 0.500. The van der Waals surface area contributed by atoms with Crippen LogP contribution in [0.25, 0.3) is 22.0 Å². The van der Waals surface area contributed by atoms with Crippen LogP contribution in [0.4, 0.5) is 4.39 Å². The van der Waals surface area contributed by atoms with E-state index in [-0.39, 0.29) is 17.9 Å². The summed E-state index contributed by atoms with van der Waals surface area (Å²) in [6.45, 7) is 0. The van der Waals surface area contributed by atoms with Crippen LogP contribution in [-0.2, 0) is 21.4 Å². The summed E-state index contributed by atoms with van der Waals surface area (Å²) in [7, 11) is 3.14. The zero-order valence-corrected chi connectivity index (χ0v) is 26.2. The second-order valence-electron chi connectivity index (χ2n) is 13.5. The number of carbonyl (C=O) groups excluding carboxylic acids is 2. The molecular weight excluding hydrogens is 569 g/mol. The van der Waals surface area contributed by atoms with E-state index in [2.05, 4.69) is 56.7 Å². The van der Waals surface area contributed by atoms with Crippen molar-refractivity contribution >= 4 is 22.8 Å². The average Bonchev–Trinajstić information content (AvgIpc) is 3.74. The van der Waals surface area contributed by atoms with Gasteiger partial charge in [0.15, 0.2) is 0 Å². The number of hydrogen-bond acceptors (Lipinski definition) is 5. The van der Waals surface area contributed by atoms with Gasteiger partial charge in [0.05, 0.1) is 36.3 Å². The highest BCUT2D eigenvalue weighted by Gasteiger charge is 2.48. The van der Waals surface area contributed by atoms with Gasteiger partial charge in [0, 0.05) is 18.8 Å². The molecule has 2 aromatic carbocycles. The second-order valence-corrected chi connectivity index (χ2v) is 13.5.